The molecule has 0 radical (unpaired) electrons. The van der Waals surface area contributed by atoms with Crippen molar-refractivity contribution in [3.8, 4) is 11.5 Å². The first-order valence-corrected chi connectivity index (χ1v) is 10.8. The predicted octanol–water partition coefficient (Wildman–Crippen LogP) is 4.75. The molecule has 1 aromatic heterocycles. The van der Waals surface area contributed by atoms with E-state index in [0.29, 0.717) is 56.3 Å². The van der Waals surface area contributed by atoms with E-state index in [2.05, 4.69) is 4.98 Å². The summed E-state index contributed by atoms with van der Waals surface area (Å²) >= 11 is 6.07. The summed E-state index contributed by atoms with van der Waals surface area (Å²) in [5, 5.41) is -0.0393. The van der Waals surface area contributed by atoms with Crippen LogP contribution in [0.15, 0.2) is 30.5 Å². The number of ether oxygens (including phenoxy) is 2. The average molecular weight is 470 g/mol. The zero-order valence-corrected chi connectivity index (χ0v) is 18.2. The first-order valence-electron chi connectivity index (χ1n) is 10.4. The van der Waals surface area contributed by atoms with Gasteiger partial charge in [0, 0.05) is 38.3 Å². The summed E-state index contributed by atoms with van der Waals surface area (Å²) in [7, 11) is 0. The molecule has 1 amide bonds. The van der Waals surface area contributed by atoms with Gasteiger partial charge in [-0.2, -0.15) is 13.2 Å². The fourth-order valence-corrected chi connectivity index (χ4v) is 4.31. The van der Waals surface area contributed by atoms with Gasteiger partial charge in [-0.25, -0.2) is 4.98 Å². The molecule has 3 heterocycles. The monoisotopic (exact) mass is 469 g/mol. The molecule has 172 valence electrons. The van der Waals surface area contributed by atoms with E-state index in [1.165, 1.54) is 0 Å². The van der Waals surface area contributed by atoms with Crippen LogP contribution in [0.2, 0.25) is 5.02 Å². The summed E-state index contributed by atoms with van der Waals surface area (Å²) in [6.45, 7) is 4.17. The van der Waals surface area contributed by atoms with E-state index in [1.807, 2.05) is 30.0 Å². The van der Waals surface area contributed by atoms with Gasteiger partial charge in [-0.1, -0.05) is 17.7 Å². The fourth-order valence-electron chi connectivity index (χ4n) is 4.02. The molecule has 2 aromatic rings. The number of nitrogens with zero attached hydrogens (tertiary/aromatic N) is 3. The molecule has 4 rings (SSSR count). The summed E-state index contributed by atoms with van der Waals surface area (Å²) in [4.78, 5) is 20.7. The van der Waals surface area contributed by atoms with Gasteiger partial charge in [0.05, 0.1) is 10.6 Å². The maximum atomic E-state index is 13.1. The van der Waals surface area contributed by atoms with Crippen molar-refractivity contribution in [3.05, 3.63) is 46.6 Å². The molecule has 2 aliphatic rings. The maximum absolute atomic E-state index is 13.1. The van der Waals surface area contributed by atoms with Crippen molar-refractivity contribution >= 4 is 23.3 Å². The second-order valence-corrected chi connectivity index (χ2v) is 8.24. The van der Waals surface area contributed by atoms with Gasteiger partial charge >= 0.3 is 6.18 Å². The highest BCUT2D eigenvalue weighted by molar-refractivity contribution is 6.33. The van der Waals surface area contributed by atoms with E-state index in [4.69, 9.17) is 21.1 Å². The molecule has 1 aromatic carbocycles. The number of carbonyl (C=O) groups is 1. The lowest BCUT2D eigenvalue weighted by atomic mass is 9.95. The van der Waals surface area contributed by atoms with E-state index < -0.39 is 11.7 Å². The predicted molar refractivity (Wildman–Crippen MR) is 113 cm³/mol. The Morgan fingerprint density at radius 2 is 1.94 bits per heavy atom. The molecule has 0 unspecified atom stereocenters. The maximum Gasteiger partial charge on any atom is 0.417 e. The molecule has 1 saturated heterocycles. The van der Waals surface area contributed by atoms with Gasteiger partial charge in [-0.05, 0) is 43.5 Å². The number of rotatable bonds is 5. The molecule has 6 nitrogen and oxygen atoms in total. The van der Waals surface area contributed by atoms with Crippen LogP contribution < -0.4 is 14.4 Å². The van der Waals surface area contributed by atoms with E-state index in [1.54, 1.807) is 4.90 Å². The van der Waals surface area contributed by atoms with E-state index in [9.17, 15) is 18.0 Å². The number of anilines is 1. The number of hydrogen-bond acceptors (Lipinski definition) is 5. The minimum absolute atomic E-state index is 0.0393. The zero-order chi connectivity index (χ0) is 22.9. The van der Waals surface area contributed by atoms with Crippen LogP contribution in [0.4, 0.5) is 19.0 Å². The first-order chi connectivity index (χ1) is 15.3. The molecule has 0 aliphatic carbocycles. The minimum atomic E-state index is -4.49. The molecule has 0 atom stereocenters. The Labute approximate surface area is 188 Å². The van der Waals surface area contributed by atoms with Crippen molar-refractivity contribution in [2.45, 2.75) is 32.5 Å². The third-order valence-electron chi connectivity index (χ3n) is 5.80. The molecule has 2 aliphatic heterocycles. The standard InChI is InChI=1S/C22H23ClF3N3O3/c1-2-28(12-14-3-4-18-19(9-14)32-13-31-18)21(30)15-5-7-29(8-6-15)20-17(23)10-16(11-27-20)22(24,25)26/h3-4,9-11,15H,2,5-8,12-13H2,1H3. The van der Waals surface area contributed by atoms with Gasteiger partial charge in [-0.15, -0.1) is 0 Å². The minimum Gasteiger partial charge on any atom is -0.454 e. The Hall–Kier alpha value is -2.68. The van der Waals surface area contributed by atoms with Crippen molar-refractivity contribution in [1.29, 1.82) is 0 Å². The van der Waals surface area contributed by atoms with Crippen molar-refractivity contribution < 1.29 is 27.4 Å². The zero-order valence-electron chi connectivity index (χ0n) is 17.5. The number of benzene rings is 1. The van der Waals surface area contributed by atoms with Crippen LogP contribution in [-0.2, 0) is 17.5 Å². The summed E-state index contributed by atoms with van der Waals surface area (Å²) < 4.78 is 49.3. The SMILES string of the molecule is CCN(Cc1ccc2c(c1)OCO2)C(=O)C1CCN(c2ncc(C(F)(F)F)cc2Cl)CC1. The molecule has 0 saturated carbocycles. The van der Waals surface area contributed by atoms with Gasteiger partial charge in [0.1, 0.15) is 5.82 Å². The highest BCUT2D eigenvalue weighted by Crippen LogP contribution is 2.35. The number of fused-ring (bicyclic) bond motifs is 1. The number of alkyl halides is 3. The molecule has 32 heavy (non-hydrogen) atoms. The normalized spacial score (nSPS) is 16.3. The first kappa shape index (κ1) is 22.5. The van der Waals surface area contributed by atoms with Crippen LogP contribution in [0, 0.1) is 5.92 Å². The van der Waals surface area contributed by atoms with Crippen LogP contribution in [0.3, 0.4) is 0 Å². The smallest absolute Gasteiger partial charge is 0.417 e. The summed E-state index contributed by atoms with van der Waals surface area (Å²) in [5.41, 5.74) is 0.0843. The number of aromatic nitrogens is 1. The Balaban J connectivity index is 1.37. The van der Waals surface area contributed by atoms with Crippen LogP contribution in [0.5, 0.6) is 11.5 Å². The van der Waals surface area contributed by atoms with E-state index in [0.717, 1.165) is 17.8 Å². The molecular formula is C22H23ClF3N3O3. The fraction of sp³-hybridized carbons (Fsp3) is 0.455. The Kier molecular flexibility index (Phi) is 6.37. The van der Waals surface area contributed by atoms with Gasteiger partial charge < -0.3 is 19.3 Å². The topological polar surface area (TPSA) is 54.9 Å². The Bertz CT molecular complexity index is 994. The summed E-state index contributed by atoms with van der Waals surface area (Å²) in [6.07, 6.45) is -2.54. The number of piperidine rings is 1. The number of carbonyl (C=O) groups excluding carboxylic acids is 1. The van der Waals surface area contributed by atoms with Crippen molar-refractivity contribution in [1.82, 2.24) is 9.88 Å². The molecule has 0 N–H and O–H groups in total. The Morgan fingerprint density at radius 3 is 2.59 bits per heavy atom. The molecule has 0 bridgehead atoms. The molecule has 10 heteroatoms. The second-order valence-electron chi connectivity index (χ2n) is 7.83. The van der Waals surface area contributed by atoms with Gasteiger partial charge in [-0.3, -0.25) is 4.79 Å². The Morgan fingerprint density at radius 1 is 1.22 bits per heavy atom. The van der Waals surface area contributed by atoms with Gasteiger partial charge in [0.2, 0.25) is 12.7 Å². The second kappa shape index (κ2) is 9.05. The lowest BCUT2D eigenvalue weighted by molar-refractivity contribution is -0.138. The van der Waals surface area contributed by atoms with E-state index >= 15 is 0 Å². The third-order valence-corrected chi connectivity index (χ3v) is 6.07. The molecule has 1 fully saturated rings. The number of pyridine rings is 1. The largest absolute Gasteiger partial charge is 0.454 e. The van der Waals surface area contributed by atoms with Gasteiger partial charge in [0.25, 0.3) is 0 Å². The lowest BCUT2D eigenvalue weighted by Crippen LogP contribution is -2.42. The van der Waals surface area contributed by atoms with Crippen molar-refractivity contribution in [2.24, 2.45) is 5.92 Å². The van der Waals surface area contributed by atoms with Gasteiger partial charge in [0.15, 0.2) is 11.5 Å². The van der Waals surface area contributed by atoms with Crippen LogP contribution >= 0.6 is 11.6 Å². The average Bonchev–Trinajstić information content (AvgIpc) is 3.24. The number of amides is 1. The number of halogens is 4. The molecule has 0 spiro atoms. The quantitative estimate of drug-likeness (QED) is 0.632. The van der Waals surface area contributed by atoms with Crippen LogP contribution in [-0.4, -0.2) is 42.2 Å². The van der Waals surface area contributed by atoms with Crippen molar-refractivity contribution in [2.75, 3.05) is 31.3 Å². The van der Waals surface area contributed by atoms with E-state index in [-0.39, 0.29) is 23.6 Å². The lowest BCUT2D eigenvalue weighted by Gasteiger charge is -2.35. The van der Waals surface area contributed by atoms with Crippen LogP contribution in [0.1, 0.15) is 30.9 Å². The number of hydrogen-bond donors (Lipinski definition) is 0. The van der Waals surface area contributed by atoms with Crippen molar-refractivity contribution in [3.63, 3.8) is 0 Å². The highest BCUT2D eigenvalue weighted by atomic mass is 35.5. The highest BCUT2D eigenvalue weighted by Gasteiger charge is 2.33. The molecular weight excluding hydrogens is 447 g/mol. The summed E-state index contributed by atoms with van der Waals surface area (Å²) in [5.74, 6) is 1.61. The summed E-state index contributed by atoms with van der Waals surface area (Å²) in [6, 6.07) is 6.55. The van der Waals surface area contributed by atoms with Crippen LogP contribution in [0.25, 0.3) is 0 Å². The third kappa shape index (κ3) is 4.72.